The number of rotatable bonds is 4. The molecule has 1 aliphatic carbocycles. The van der Waals surface area contributed by atoms with Crippen molar-refractivity contribution in [1.82, 2.24) is 0 Å². The monoisotopic (exact) mass is 388 g/mol. The molecule has 0 saturated carbocycles. The van der Waals surface area contributed by atoms with Crippen LogP contribution in [-0.4, -0.2) is 13.1 Å². The average molecular weight is 389 g/mol. The lowest BCUT2D eigenvalue weighted by molar-refractivity contribution is 0.0561. The van der Waals surface area contributed by atoms with Crippen molar-refractivity contribution >= 4 is 28.5 Å². The summed E-state index contributed by atoms with van der Waals surface area (Å²) >= 11 is 6.38. The predicted octanol–water partition coefficient (Wildman–Crippen LogP) is 4.28. The maximum atomic E-state index is 12.2. The summed E-state index contributed by atoms with van der Waals surface area (Å²) in [5.74, 6) is 0.354. The lowest BCUT2D eigenvalue weighted by Gasteiger charge is -2.17. The van der Waals surface area contributed by atoms with E-state index in [-0.39, 0.29) is 18.0 Å². The number of carbonyl (C=O) groups is 1. The predicted molar refractivity (Wildman–Crippen MR) is 98.5 cm³/mol. The molecule has 7 heteroatoms. The fourth-order valence-electron chi connectivity index (χ4n) is 3.37. The van der Waals surface area contributed by atoms with Gasteiger partial charge in [0.05, 0.1) is 12.1 Å². The average Bonchev–Trinajstić information content (AvgIpc) is 3.16. The van der Waals surface area contributed by atoms with Crippen molar-refractivity contribution in [3.63, 3.8) is 0 Å². The van der Waals surface area contributed by atoms with Gasteiger partial charge in [-0.15, -0.1) is 0 Å². The van der Waals surface area contributed by atoms with Crippen LogP contribution in [0.5, 0.6) is 5.75 Å². The molecule has 2 heterocycles. The zero-order chi connectivity index (χ0) is 19.0. The maximum absolute atomic E-state index is 12.2. The van der Waals surface area contributed by atoms with E-state index in [4.69, 9.17) is 25.2 Å². The third-order valence-electron chi connectivity index (χ3n) is 4.69. The number of halogens is 1. The third kappa shape index (κ3) is 3.32. The summed E-state index contributed by atoms with van der Waals surface area (Å²) in [5, 5.41) is 1.27. The van der Waals surface area contributed by atoms with E-state index >= 15 is 0 Å². The molecule has 0 unspecified atom stereocenters. The quantitative estimate of drug-likeness (QED) is 0.490. The molecule has 0 N–H and O–H groups in total. The van der Waals surface area contributed by atoms with Crippen LogP contribution in [0.15, 0.2) is 37.9 Å². The van der Waals surface area contributed by atoms with E-state index in [0.717, 1.165) is 42.2 Å². The van der Waals surface area contributed by atoms with Crippen LogP contribution in [0.3, 0.4) is 0 Å². The van der Waals surface area contributed by atoms with Gasteiger partial charge in [0, 0.05) is 17.0 Å². The van der Waals surface area contributed by atoms with E-state index < -0.39 is 5.97 Å². The zero-order valence-electron chi connectivity index (χ0n) is 14.7. The summed E-state index contributed by atoms with van der Waals surface area (Å²) in [6.07, 6.45) is 3.62. The molecule has 27 heavy (non-hydrogen) atoms. The fourth-order valence-corrected chi connectivity index (χ4v) is 3.59. The number of aryl methyl sites for hydroxylation is 1. The van der Waals surface area contributed by atoms with Crippen LogP contribution in [0.4, 0.5) is 0 Å². The molecule has 0 spiro atoms. The highest BCUT2D eigenvalue weighted by atomic mass is 35.5. The lowest BCUT2D eigenvalue weighted by Crippen LogP contribution is -2.15. The number of esters is 1. The highest BCUT2D eigenvalue weighted by molar-refractivity contribution is 6.32. The molecule has 1 aromatic carbocycles. The second-order valence-corrected chi connectivity index (χ2v) is 6.79. The smallest absolute Gasteiger partial charge is 0.373 e. The molecule has 140 valence electrons. The van der Waals surface area contributed by atoms with Crippen molar-refractivity contribution < 1.29 is 23.1 Å². The number of methoxy groups -OCH3 is 1. The molecule has 1 aliphatic rings. The van der Waals surface area contributed by atoms with E-state index in [9.17, 15) is 9.59 Å². The molecule has 0 aliphatic heterocycles. The summed E-state index contributed by atoms with van der Waals surface area (Å²) in [6.45, 7) is 0.0669. The summed E-state index contributed by atoms with van der Waals surface area (Å²) in [7, 11) is 1.28. The molecular formula is C20H17ClO6. The molecule has 0 bridgehead atoms. The Morgan fingerprint density at radius 2 is 1.93 bits per heavy atom. The SMILES string of the molecule is COC(=O)c1ccc(COc2cc3oc(=O)c4c(c3cc2Cl)CCCC4)o1. The molecule has 3 aromatic rings. The Labute approximate surface area is 159 Å². The first-order valence-electron chi connectivity index (χ1n) is 8.64. The van der Waals surface area contributed by atoms with Gasteiger partial charge in [0.25, 0.3) is 0 Å². The molecule has 4 rings (SSSR count). The van der Waals surface area contributed by atoms with Crippen molar-refractivity contribution in [3.05, 3.63) is 62.4 Å². The van der Waals surface area contributed by atoms with Gasteiger partial charge in [-0.05, 0) is 49.4 Å². The number of fused-ring (bicyclic) bond motifs is 3. The highest BCUT2D eigenvalue weighted by Gasteiger charge is 2.20. The summed E-state index contributed by atoms with van der Waals surface area (Å²) in [6, 6.07) is 6.54. The minimum Gasteiger partial charge on any atom is -0.484 e. The van der Waals surface area contributed by atoms with Crippen LogP contribution in [0.1, 0.15) is 40.3 Å². The van der Waals surface area contributed by atoms with Crippen molar-refractivity contribution in [3.8, 4) is 5.75 Å². The number of carbonyl (C=O) groups excluding carboxylic acids is 1. The van der Waals surface area contributed by atoms with E-state index in [1.54, 1.807) is 18.2 Å². The Balaban J connectivity index is 1.63. The Bertz CT molecular complexity index is 1080. The van der Waals surface area contributed by atoms with E-state index in [0.29, 0.717) is 22.1 Å². The molecule has 0 amide bonds. The van der Waals surface area contributed by atoms with Gasteiger partial charge in [0.15, 0.2) is 0 Å². The molecule has 0 saturated heterocycles. The van der Waals surface area contributed by atoms with Gasteiger partial charge in [0.2, 0.25) is 5.76 Å². The van der Waals surface area contributed by atoms with E-state index in [2.05, 4.69) is 4.74 Å². The van der Waals surface area contributed by atoms with Gasteiger partial charge in [0.1, 0.15) is 23.7 Å². The second kappa shape index (κ2) is 7.12. The van der Waals surface area contributed by atoms with Crippen LogP contribution in [0, 0.1) is 0 Å². The van der Waals surface area contributed by atoms with Crippen molar-refractivity contribution in [1.29, 1.82) is 0 Å². The normalized spacial score (nSPS) is 13.4. The Kier molecular flexibility index (Phi) is 4.66. The minimum absolute atomic E-state index is 0.0669. The number of hydrogen-bond acceptors (Lipinski definition) is 6. The first-order valence-corrected chi connectivity index (χ1v) is 9.02. The first kappa shape index (κ1) is 17.7. The van der Waals surface area contributed by atoms with Gasteiger partial charge in [-0.2, -0.15) is 0 Å². The van der Waals surface area contributed by atoms with Gasteiger partial charge < -0.3 is 18.3 Å². The second-order valence-electron chi connectivity index (χ2n) is 6.38. The van der Waals surface area contributed by atoms with Gasteiger partial charge in [-0.3, -0.25) is 0 Å². The number of furan rings is 1. The van der Waals surface area contributed by atoms with Crippen LogP contribution in [-0.2, 0) is 24.2 Å². The zero-order valence-corrected chi connectivity index (χ0v) is 15.4. The molecule has 2 aromatic heterocycles. The lowest BCUT2D eigenvalue weighted by atomic mass is 9.91. The summed E-state index contributed by atoms with van der Waals surface area (Å²) in [5.41, 5.74) is 1.94. The van der Waals surface area contributed by atoms with Crippen LogP contribution in [0.2, 0.25) is 5.02 Å². The number of hydrogen-bond donors (Lipinski definition) is 0. The van der Waals surface area contributed by atoms with Crippen LogP contribution >= 0.6 is 11.6 Å². The van der Waals surface area contributed by atoms with Crippen molar-refractivity contribution in [2.75, 3.05) is 7.11 Å². The maximum Gasteiger partial charge on any atom is 0.373 e. The molecule has 0 atom stereocenters. The molecule has 0 fully saturated rings. The van der Waals surface area contributed by atoms with E-state index in [1.807, 2.05) is 0 Å². The van der Waals surface area contributed by atoms with Gasteiger partial charge in [-0.1, -0.05) is 11.6 Å². The summed E-state index contributed by atoms with van der Waals surface area (Å²) < 4.78 is 21.1. The topological polar surface area (TPSA) is 78.9 Å². The minimum atomic E-state index is -0.559. The highest BCUT2D eigenvalue weighted by Crippen LogP contribution is 2.34. The molecule has 6 nitrogen and oxygen atoms in total. The number of benzene rings is 1. The largest absolute Gasteiger partial charge is 0.484 e. The Morgan fingerprint density at radius 3 is 2.70 bits per heavy atom. The standard InChI is InChI=1S/C20H17ClO6/c1-24-20(23)16-7-6-11(26-16)10-25-18-9-17-14(8-15(18)21)12-4-2-3-5-13(12)19(22)27-17/h6-9H,2-5,10H2,1H3. The summed E-state index contributed by atoms with van der Waals surface area (Å²) in [4.78, 5) is 23.7. The van der Waals surface area contributed by atoms with Gasteiger partial charge in [-0.25, -0.2) is 9.59 Å². The Morgan fingerprint density at radius 1 is 1.15 bits per heavy atom. The number of ether oxygens (including phenoxy) is 2. The molecule has 0 radical (unpaired) electrons. The first-order chi connectivity index (χ1) is 13.1. The third-order valence-corrected chi connectivity index (χ3v) is 4.99. The fraction of sp³-hybridized carbons (Fsp3) is 0.300. The van der Waals surface area contributed by atoms with Crippen LogP contribution < -0.4 is 10.4 Å². The van der Waals surface area contributed by atoms with Gasteiger partial charge >= 0.3 is 11.6 Å². The Hall–Kier alpha value is -2.73. The van der Waals surface area contributed by atoms with Crippen LogP contribution in [0.25, 0.3) is 11.0 Å². The van der Waals surface area contributed by atoms with Crippen molar-refractivity contribution in [2.24, 2.45) is 0 Å². The van der Waals surface area contributed by atoms with Crippen molar-refractivity contribution in [2.45, 2.75) is 32.3 Å². The van der Waals surface area contributed by atoms with E-state index in [1.165, 1.54) is 13.2 Å². The molecular weight excluding hydrogens is 372 g/mol.